The van der Waals surface area contributed by atoms with Crippen LogP contribution in [0, 0.1) is 10.1 Å². The first kappa shape index (κ1) is 12.5. The van der Waals surface area contributed by atoms with Gasteiger partial charge in [0.2, 0.25) is 0 Å². The van der Waals surface area contributed by atoms with Gasteiger partial charge in [0.25, 0.3) is 15.9 Å². The summed E-state index contributed by atoms with van der Waals surface area (Å²) in [5, 5.41) is 18.2. The quantitative estimate of drug-likeness (QED) is 0.497. The van der Waals surface area contributed by atoms with Gasteiger partial charge in [0, 0.05) is 12.1 Å². The molecule has 4 N–H and O–H groups in total. The highest BCUT2D eigenvalue weighted by atomic mass is 32.2. The lowest BCUT2D eigenvalue weighted by molar-refractivity contribution is -0.384. The van der Waals surface area contributed by atoms with E-state index in [0.29, 0.717) is 0 Å². The first-order chi connectivity index (χ1) is 6.30. The third-order valence-electron chi connectivity index (χ3n) is 0.967. The van der Waals surface area contributed by atoms with Gasteiger partial charge in [-0.1, -0.05) is 18.2 Å². The second kappa shape index (κ2) is 5.27. The Balaban J connectivity index is 0.000000292. The zero-order valence-corrected chi connectivity index (χ0v) is 7.85. The van der Waals surface area contributed by atoms with E-state index in [1.54, 1.807) is 18.2 Å². The van der Waals surface area contributed by atoms with E-state index in [9.17, 15) is 18.5 Å². The van der Waals surface area contributed by atoms with E-state index < -0.39 is 15.1 Å². The van der Waals surface area contributed by atoms with Gasteiger partial charge in [-0.25, -0.2) is 10.3 Å². The Labute approximate surface area is 80.7 Å². The molecule has 0 amide bonds. The van der Waals surface area contributed by atoms with Crippen molar-refractivity contribution >= 4 is 15.9 Å². The van der Waals surface area contributed by atoms with Crippen LogP contribution >= 0.6 is 0 Å². The van der Waals surface area contributed by atoms with E-state index in [-0.39, 0.29) is 5.69 Å². The molecule has 8 heteroatoms. The summed E-state index contributed by atoms with van der Waals surface area (Å²) in [6.07, 6.45) is 0. The molecule has 14 heavy (non-hydrogen) atoms. The summed E-state index contributed by atoms with van der Waals surface area (Å²) in [6.45, 7) is 0. The molecular weight excluding hydrogens is 210 g/mol. The number of non-ortho nitro benzene ring substituents is 1. The minimum atomic E-state index is -3.67. The molecule has 0 saturated carbocycles. The van der Waals surface area contributed by atoms with Crippen molar-refractivity contribution < 1.29 is 13.3 Å². The smallest absolute Gasteiger partial charge is 0.258 e. The lowest BCUT2D eigenvalue weighted by Crippen LogP contribution is -2.21. The van der Waals surface area contributed by atoms with Crippen molar-refractivity contribution in [3.8, 4) is 0 Å². The summed E-state index contributed by atoms with van der Waals surface area (Å²) in [5.74, 6) is 0. The van der Waals surface area contributed by atoms with Crippen LogP contribution < -0.4 is 10.3 Å². The highest BCUT2D eigenvalue weighted by Crippen LogP contribution is 2.06. The number of nitro benzene ring substituents is 1. The van der Waals surface area contributed by atoms with Gasteiger partial charge in [0.05, 0.1) is 4.92 Å². The van der Waals surface area contributed by atoms with Crippen LogP contribution in [0.5, 0.6) is 0 Å². The largest absolute Gasteiger partial charge is 0.271 e. The molecule has 0 radical (unpaired) electrons. The third-order valence-corrected chi connectivity index (χ3v) is 0.967. The van der Waals surface area contributed by atoms with Gasteiger partial charge in [-0.3, -0.25) is 10.1 Å². The molecule has 1 rings (SSSR count). The van der Waals surface area contributed by atoms with E-state index in [2.05, 4.69) is 10.3 Å². The molecule has 0 fully saturated rings. The Hall–Kier alpha value is -1.51. The minimum Gasteiger partial charge on any atom is -0.258 e. The summed E-state index contributed by atoms with van der Waals surface area (Å²) < 4.78 is 18.4. The van der Waals surface area contributed by atoms with Crippen molar-refractivity contribution in [1.82, 2.24) is 0 Å². The van der Waals surface area contributed by atoms with Crippen LogP contribution in [0.15, 0.2) is 30.3 Å². The van der Waals surface area contributed by atoms with Gasteiger partial charge in [0.1, 0.15) is 0 Å². The van der Waals surface area contributed by atoms with Gasteiger partial charge in [-0.05, 0) is 0 Å². The van der Waals surface area contributed by atoms with Crippen LogP contribution in [-0.4, -0.2) is 13.3 Å². The fourth-order valence-electron chi connectivity index (χ4n) is 0.550. The summed E-state index contributed by atoms with van der Waals surface area (Å²) in [6, 6.07) is 7.93. The van der Waals surface area contributed by atoms with Crippen molar-refractivity contribution in [3.05, 3.63) is 40.4 Å². The number of hydrogen-bond donors (Lipinski definition) is 2. The molecule has 0 spiro atoms. The molecule has 0 unspecified atom stereocenters. The Bertz CT molecular complexity index is 381. The van der Waals surface area contributed by atoms with E-state index >= 15 is 0 Å². The molecule has 0 aliphatic heterocycles. The van der Waals surface area contributed by atoms with Crippen LogP contribution in [0.3, 0.4) is 0 Å². The summed E-state index contributed by atoms with van der Waals surface area (Å²) in [4.78, 5) is 9.59. The molecule has 1 aromatic carbocycles. The Morgan fingerprint density at radius 3 is 1.71 bits per heavy atom. The maximum absolute atomic E-state index is 10.0. The van der Waals surface area contributed by atoms with E-state index in [0.717, 1.165) is 0 Å². The second-order valence-corrected chi connectivity index (χ2v) is 3.36. The maximum atomic E-state index is 10.0. The Kier molecular flexibility index (Phi) is 4.70. The predicted octanol–water partition coefficient (Wildman–Crippen LogP) is -0.257. The average molecular weight is 219 g/mol. The molecule has 0 atom stereocenters. The second-order valence-electron chi connectivity index (χ2n) is 2.18. The van der Waals surface area contributed by atoms with Gasteiger partial charge in [-0.15, -0.1) is 0 Å². The monoisotopic (exact) mass is 219 g/mol. The normalized spacial score (nSPS) is 9.86. The van der Waals surface area contributed by atoms with Crippen LogP contribution in [-0.2, 0) is 10.2 Å². The third kappa shape index (κ3) is 8.59. The molecule has 0 aromatic heterocycles. The van der Waals surface area contributed by atoms with E-state index in [1.807, 2.05) is 0 Å². The van der Waals surface area contributed by atoms with Crippen LogP contribution in [0.1, 0.15) is 0 Å². The predicted molar refractivity (Wildman–Crippen MR) is 50.4 cm³/mol. The molecule has 0 aliphatic rings. The number of hydrogen-bond acceptors (Lipinski definition) is 4. The number of rotatable bonds is 1. The van der Waals surface area contributed by atoms with Crippen molar-refractivity contribution in [1.29, 1.82) is 0 Å². The molecular formula is C6H9N3O4S. The Morgan fingerprint density at radius 1 is 1.14 bits per heavy atom. The fraction of sp³-hybridized carbons (Fsp3) is 0. The molecule has 0 aliphatic carbocycles. The SMILES string of the molecule is NS(N)(=O)=O.O=[N+]([O-])c1ccccc1. The number of para-hydroxylation sites is 1. The van der Waals surface area contributed by atoms with E-state index in [1.165, 1.54) is 12.1 Å². The van der Waals surface area contributed by atoms with Crippen LogP contribution in [0.25, 0.3) is 0 Å². The van der Waals surface area contributed by atoms with Crippen molar-refractivity contribution in [2.45, 2.75) is 0 Å². The minimum absolute atomic E-state index is 0.137. The first-order valence-corrected chi connectivity index (χ1v) is 4.91. The van der Waals surface area contributed by atoms with E-state index in [4.69, 9.17) is 0 Å². The first-order valence-electron chi connectivity index (χ1n) is 3.30. The topological polar surface area (TPSA) is 129 Å². The van der Waals surface area contributed by atoms with Crippen molar-refractivity contribution in [3.63, 3.8) is 0 Å². The summed E-state index contributed by atoms with van der Waals surface area (Å²) >= 11 is 0. The van der Waals surface area contributed by atoms with Gasteiger partial charge >= 0.3 is 0 Å². The number of nitrogens with zero attached hydrogens (tertiary/aromatic N) is 1. The molecule has 0 heterocycles. The van der Waals surface area contributed by atoms with Crippen LogP contribution in [0.4, 0.5) is 5.69 Å². The highest BCUT2D eigenvalue weighted by Gasteiger charge is 1.98. The van der Waals surface area contributed by atoms with Crippen molar-refractivity contribution in [2.24, 2.45) is 10.3 Å². The molecule has 0 bridgehead atoms. The molecule has 0 saturated heterocycles. The number of nitrogens with two attached hydrogens (primary N) is 2. The lowest BCUT2D eigenvalue weighted by Gasteiger charge is -1.85. The van der Waals surface area contributed by atoms with Gasteiger partial charge < -0.3 is 0 Å². The lowest BCUT2D eigenvalue weighted by atomic mass is 10.3. The number of nitro groups is 1. The van der Waals surface area contributed by atoms with Gasteiger partial charge in [0.15, 0.2) is 0 Å². The zero-order valence-electron chi connectivity index (χ0n) is 7.03. The Morgan fingerprint density at radius 2 is 1.50 bits per heavy atom. The average Bonchev–Trinajstić information content (AvgIpc) is 2.03. The maximum Gasteiger partial charge on any atom is 0.271 e. The van der Waals surface area contributed by atoms with Crippen molar-refractivity contribution in [2.75, 3.05) is 0 Å². The summed E-state index contributed by atoms with van der Waals surface area (Å²) in [5.41, 5.74) is 0.137. The molecule has 78 valence electrons. The fourth-order valence-corrected chi connectivity index (χ4v) is 0.550. The molecule has 1 aromatic rings. The zero-order chi connectivity index (χ0) is 11.2. The summed E-state index contributed by atoms with van der Waals surface area (Å²) in [7, 11) is -3.67. The standard InChI is InChI=1S/C6H5NO2.H4N2O2S/c8-7(9)6-4-2-1-3-5-6;1-5(2,3)4/h1-5H;(H4,1,2,3,4). The van der Waals surface area contributed by atoms with Gasteiger partial charge in [-0.2, -0.15) is 8.42 Å². The van der Waals surface area contributed by atoms with Crippen LogP contribution in [0.2, 0.25) is 0 Å². The highest BCUT2D eigenvalue weighted by molar-refractivity contribution is 7.86. The molecule has 7 nitrogen and oxygen atoms in total. The number of benzene rings is 1.